The number of carbonyl (C=O) groups is 1. The van der Waals surface area contributed by atoms with E-state index in [2.05, 4.69) is 15.0 Å². The van der Waals surface area contributed by atoms with Gasteiger partial charge in [-0.05, 0) is 55.3 Å². The number of hydrogen-bond acceptors (Lipinski definition) is 8. The molecule has 43 heavy (non-hydrogen) atoms. The number of carboxylic acids is 1. The molecule has 4 heterocycles. The number of nitrogens with zero attached hydrogens (tertiary/aromatic N) is 4. The molecular formula is C30H25ClF2N4O5S. The smallest absolute Gasteiger partial charge is 0.335 e. The van der Waals surface area contributed by atoms with Gasteiger partial charge in [0.1, 0.15) is 24.1 Å². The summed E-state index contributed by atoms with van der Waals surface area (Å²) in [5, 5.41) is 10.2. The fourth-order valence-electron chi connectivity index (χ4n) is 4.74. The van der Waals surface area contributed by atoms with E-state index in [1.165, 1.54) is 23.5 Å². The third-order valence-electron chi connectivity index (χ3n) is 6.99. The molecule has 13 heteroatoms. The van der Waals surface area contributed by atoms with Crippen molar-refractivity contribution in [2.75, 3.05) is 13.2 Å². The lowest BCUT2D eigenvalue weighted by molar-refractivity contribution is -0.0589. The minimum Gasteiger partial charge on any atom is -0.478 e. The van der Waals surface area contributed by atoms with Crippen molar-refractivity contribution in [1.82, 2.24) is 19.5 Å². The highest BCUT2D eigenvalue weighted by molar-refractivity contribution is 7.13. The van der Waals surface area contributed by atoms with Crippen LogP contribution in [-0.4, -0.2) is 49.9 Å². The summed E-state index contributed by atoms with van der Waals surface area (Å²) in [6, 6.07) is 11.7. The van der Waals surface area contributed by atoms with Crippen LogP contribution in [-0.2, 0) is 24.3 Å². The van der Waals surface area contributed by atoms with Gasteiger partial charge in [0.15, 0.2) is 5.15 Å². The van der Waals surface area contributed by atoms with Crippen molar-refractivity contribution in [3.8, 4) is 22.3 Å². The standard InChI is InChI=1S/C30H25ClF2N4O5S/c1-2-40-30-36-28(31)25(43-30)15-42-27-5-3-4-22(35-27)19-13-20(32)17(10-21(19)33)12-26-34-23-7-6-16(29(38)39)11-24(23)37(26)14-18-8-9-41-18/h3-7,10-11,13,18H,2,8-9,12,14-15H2,1H3,(H,38,39)/t18-/m0/s1. The van der Waals surface area contributed by atoms with Gasteiger partial charge in [-0.25, -0.2) is 23.5 Å². The summed E-state index contributed by atoms with van der Waals surface area (Å²) >= 11 is 7.42. The number of ether oxygens (including phenoxy) is 3. The van der Waals surface area contributed by atoms with E-state index in [9.17, 15) is 9.90 Å². The van der Waals surface area contributed by atoms with Gasteiger partial charge in [0, 0.05) is 24.7 Å². The summed E-state index contributed by atoms with van der Waals surface area (Å²) < 4.78 is 49.5. The summed E-state index contributed by atoms with van der Waals surface area (Å²) in [6.45, 7) is 3.44. The third-order valence-corrected chi connectivity index (χ3v) is 8.35. The number of thiazole rings is 1. The minimum atomic E-state index is -1.06. The Labute approximate surface area is 253 Å². The van der Waals surface area contributed by atoms with E-state index in [1.807, 2.05) is 11.5 Å². The predicted octanol–water partition coefficient (Wildman–Crippen LogP) is 6.54. The van der Waals surface area contributed by atoms with Gasteiger partial charge < -0.3 is 23.9 Å². The van der Waals surface area contributed by atoms with Crippen LogP contribution < -0.4 is 9.47 Å². The van der Waals surface area contributed by atoms with Crippen LogP contribution in [0.25, 0.3) is 22.3 Å². The molecule has 3 aromatic heterocycles. The average Bonchev–Trinajstić information content (AvgIpc) is 3.49. The molecule has 0 amide bonds. The van der Waals surface area contributed by atoms with Crippen LogP contribution in [0.15, 0.2) is 48.5 Å². The summed E-state index contributed by atoms with van der Waals surface area (Å²) in [5.41, 5.74) is 1.54. The molecule has 0 unspecified atom stereocenters. The molecule has 9 nitrogen and oxygen atoms in total. The summed E-state index contributed by atoms with van der Waals surface area (Å²) in [5.74, 6) is -1.68. The summed E-state index contributed by atoms with van der Waals surface area (Å²) in [7, 11) is 0. The molecular weight excluding hydrogens is 602 g/mol. The number of hydrogen-bond donors (Lipinski definition) is 1. The molecule has 6 rings (SSSR count). The molecule has 1 aliphatic rings. The van der Waals surface area contributed by atoms with Gasteiger partial charge in [-0.3, -0.25) is 0 Å². The first-order valence-corrected chi connectivity index (χ1v) is 14.7. The van der Waals surface area contributed by atoms with Crippen LogP contribution in [0.3, 0.4) is 0 Å². The molecule has 1 saturated heterocycles. The number of benzene rings is 2. The van der Waals surface area contributed by atoms with E-state index in [-0.39, 0.29) is 52.5 Å². The van der Waals surface area contributed by atoms with Crippen molar-refractivity contribution >= 4 is 39.9 Å². The van der Waals surface area contributed by atoms with Gasteiger partial charge in [0.25, 0.3) is 5.19 Å². The lowest BCUT2D eigenvalue weighted by Gasteiger charge is -2.27. The van der Waals surface area contributed by atoms with E-state index in [4.69, 9.17) is 25.8 Å². The number of halogens is 3. The summed E-state index contributed by atoms with van der Waals surface area (Å²) in [4.78, 5) is 25.3. The van der Waals surface area contributed by atoms with Crippen molar-refractivity contribution in [1.29, 1.82) is 0 Å². The number of pyridine rings is 1. The van der Waals surface area contributed by atoms with Crippen LogP contribution >= 0.6 is 22.9 Å². The fourth-order valence-corrected chi connectivity index (χ4v) is 5.81. The maximum Gasteiger partial charge on any atom is 0.335 e. The van der Waals surface area contributed by atoms with Gasteiger partial charge in [0.05, 0.1) is 46.4 Å². The molecule has 0 bridgehead atoms. The van der Waals surface area contributed by atoms with Gasteiger partial charge in [-0.2, -0.15) is 4.98 Å². The van der Waals surface area contributed by atoms with E-state index < -0.39 is 17.6 Å². The molecule has 0 radical (unpaired) electrons. The highest BCUT2D eigenvalue weighted by atomic mass is 35.5. The zero-order chi connectivity index (χ0) is 30.1. The first-order valence-electron chi connectivity index (χ1n) is 13.5. The Bertz CT molecular complexity index is 1820. The van der Waals surface area contributed by atoms with Crippen molar-refractivity contribution in [2.45, 2.75) is 39.0 Å². The van der Waals surface area contributed by atoms with Crippen molar-refractivity contribution in [2.24, 2.45) is 0 Å². The van der Waals surface area contributed by atoms with Gasteiger partial charge in [0.2, 0.25) is 5.88 Å². The highest BCUT2D eigenvalue weighted by Crippen LogP contribution is 2.31. The Hall–Kier alpha value is -4.13. The lowest BCUT2D eigenvalue weighted by Crippen LogP contribution is -2.31. The number of carboxylic acid groups (broad SMARTS) is 1. The maximum atomic E-state index is 15.5. The number of aromatic carboxylic acids is 1. The Morgan fingerprint density at radius 2 is 1.98 bits per heavy atom. The normalized spacial score (nSPS) is 14.6. The zero-order valence-electron chi connectivity index (χ0n) is 22.8. The minimum absolute atomic E-state index is 0.0112. The van der Waals surface area contributed by atoms with Crippen LogP contribution in [0.1, 0.15) is 40.0 Å². The molecule has 1 atom stereocenters. The molecule has 0 saturated carbocycles. The summed E-state index contributed by atoms with van der Waals surface area (Å²) in [6.07, 6.45) is 0.771. The fraction of sp³-hybridized carbons (Fsp3) is 0.267. The second-order valence-electron chi connectivity index (χ2n) is 9.81. The van der Waals surface area contributed by atoms with Gasteiger partial charge in [-0.1, -0.05) is 29.0 Å². The third kappa shape index (κ3) is 6.17. The van der Waals surface area contributed by atoms with Crippen LogP contribution in [0.2, 0.25) is 5.15 Å². The van der Waals surface area contributed by atoms with Crippen molar-refractivity contribution < 1.29 is 32.9 Å². The lowest BCUT2D eigenvalue weighted by atomic mass is 10.0. The zero-order valence-corrected chi connectivity index (χ0v) is 24.4. The average molecular weight is 627 g/mol. The Morgan fingerprint density at radius 3 is 2.72 bits per heavy atom. The molecule has 222 valence electrons. The number of fused-ring (bicyclic) bond motifs is 1. The van der Waals surface area contributed by atoms with E-state index in [1.54, 1.807) is 24.3 Å². The Balaban J connectivity index is 1.25. The number of imidazole rings is 1. The second-order valence-corrected chi connectivity index (χ2v) is 11.2. The first-order chi connectivity index (χ1) is 20.8. The van der Waals surface area contributed by atoms with E-state index in [0.717, 1.165) is 18.6 Å². The van der Waals surface area contributed by atoms with Crippen LogP contribution in [0.5, 0.6) is 11.1 Å². The van der Waals surface area contributed by atoms with Crippen LogP contribution in [0, 0.1) is 11.6 Å². The highest BCUT2D eigenvalue weighted by Gasteiger charge is 2.24. The molecule has 5 aromatic rings. The van der Waals surface area contributed by atoms with E-state index in [0.29, 0.717) is 46.7 Å². The predicted molar refractivity (Wildman–Crippen MR) is 156 cm³/mol. The molecule has 1 fully saturated rings. The van der Waals surface area contributed by atoms with Crippen molar-refractivity contribution in [3.05, 3.63) is 87.1 Å². The quantitative estimate of drug-likeness (QED) is 0.176. The molecule has 2 aromatic carbocycles. The van der Waals surface area contributed by atoms with Crippen molar-refractivity contribution in [3.63, 3.8) is 0 Å². The van der Waals surface area contributed by atoms with Crippen LogP contribution in [0.4, 0.5) is 8.78 Å². The SMILES string of the molecule is CCOc1nc(Cl)c(COc2cccc(-c3cc(F)c(Cc4nc5ccc(C(=O)O)cc5n4C[C@@H]4CCO4)cc3F)n2)s1. The largest absolute Gasteiger partial charge is 0.478 e. The molecule has 0 aliphatic carbocycles. The monoisotopic (exact) mass is 626 g/mol. The second kappa shape index (κ2) is 12.2. The topological polar surface area (TPSA) is 109 Å². The molecule has 1 N–H and O–H groups in total. The van der Waals surface area contributed by atoms with Gasteiger partial charge >= 0.3 is 5.97 Å². The first kappa shape index (κ1) is 29.0. The van der Waals surface area contributed by atoms with E-state index >= 15 is 8.78 Å². The Kier molecular flexibility index (Phi) is 8.24. The Morgan fingerprint density at radius 1 is 1.14 bits per heavy atom. The number of rotatable bonds is 11. The molecule has 1 aliphatic heterocycles. The molecule has 0 spiro atoms. The number of aromatic nitrogens is 4. The maximum absolute atomic E-state index is 15.5. The van der Waals surface area contributed by atoms with Gasteiger partial charge in [-0.15, -0.1) is 0 Å².